The highest BCUT2D eigenvalue weighted by molar-refractivity contribution is 5.97. The molecule has 1 saturated heterocycles. The molecule has 3 aromatic rings. The third kappa shape index (κ3) is 8.23. The molecular weight excluding hydrogens is 538 g/mol. The van der Waals surface area contributed by atoms with Gasteiger partial charge in [0, 0.05) is 38.2 Å². The van der Waals surface area contributed by atoms with Crippen LogP contribution in [0.4, 0.5) is 4.79 Å². The van der Waals surface area contributed by atoms with E-state index in [1.54, 1.807) is 13.0 Å². The van der Waals surface area contributed by atoms with Crippen LogP contribution in [-0.4, -0.2) is 87.6 Å². The van der Waals surface area contributed by atoms with Crippen molar-refractivity contribution in [3.63, 3.8) is 0 Å². The van der Waals surface area contributed by atoms with Crippen LogP contribution < -0.4 is 5.32 Å². The lowest BCUT2D eigenvalue weighted by Crippen LogP contribution is -2.56. The highest BCUT2D eigenvalue weighted by Crippen LogP contribution is 2.18. The Labute approximate surface area is 243 Å². The van der Waals surface area contributed by atoms with Crippen molar-refractivity contribution in [1.29, 1.82) is 0 Å². The first kappa shape index (κ1) is 29.9. The molecule has 2 N–H and O–H groups in total. The quantitative estimate of drug-likeness (QED) is 0.376. The maximum absolute atomic E-state index is 13.5. The number of benzene rings is 2. The Kier molecular flexibility index (Phi) is 10.4. The number of carbonyl (C=O) groups is 4. The van der Waals surface area contributed by atoms with Crippen molar-refractivity contribution in [2.75, 3.05) is 32.8 Å². The van der Waals surface area contributed by atoms with E-state index in [1.165, 1.54) is 15.9 Å². The van der Waals surface area contributed by atoms with Crippen LogP contribution in [0.1, 0.15) is 41.5 Å². The minimum Gasteiger partial charge on any atom is -0.481 e. The van der Waals surface area contributed by atoms with Gasteiger partial charge < -0.3 is 25.0 Å². The van der Waals surface area contributed by atoms with Gasteiger partial charge in [-0.05, 0) is 31.1 Å². The first-order valence-electron chi connectivity index (χ1n) is 13.7. The van der Waals surface area contributed by atoms with E-state index in [2.05, 4.69) is 15.3 Å². The van der Waals surface area contributed by atoms with Crippen molar-refractivity contribution in [2.24, 2.45) is 0 Å². The van der Waals surface area contributed by atoms with Gasteiger partial charge in [-0.15, -0.1) is 0 Å². The Hall–Kier alpha value is -5.06. The lowest BCUT2D eigenvalue weighted by atomic mass is 10.1. The van der Waals surface area contributed by atoms with E-state index in [9.17, 15) is 24.3 Å². The standard InChI is InChI=1S/C31H33N5O6/c1-2-42-31(41)36-19-17-35(18-20-36)30(40)25(15-16-27(37)38)34-29(39)26-21-24(14-13-22-9-5-3-6-10-22)32-28(33-26)23-11-7-4-8-12-23/h3-14,21,25H,2,15-20H2,1H3,(H,34,39)(H,37,38)/b14-13+/t25-/m0/s1. The van der Waals surface area contributed by atoms with Gasteiger partial charge in [-0.25, -0.2) is 14.8 Å². The Bertz CT molecular complexity index is 1420. The molecule has 1 atom stereocenters. The summed E-state index contributed by atoms with van der Waals surface area (Å²) in [5.74, 6) is -1.80. The summed E-state index contributed by atoms with van der Waals surface area (Å²) in [5, 5.41) is 12.0. The highest BCUT2D eigenvalue weighted by Gasteiger charge is 2.31. The lowest BCUT2D eigenvalue weighted by molar-refractivity contribution is -0.138. The molecule has 0 unspecified atom stereocenters. The van der Waals surface area contributed by atoms with Crippen LogP contribution in [0.3, 0.4) is 0 Å². The van der Waals surface area contributed by atoms with Crippen LogP contribution in [0.5, 0.6) is 0 Å². The average Bonchev–Trinajstić information content (AvgIpc) is 3.02. The van der Waals surface area contributed by atoms with E-state index in [0.717, 1.165) is 5.56 Å². The van der Waals surface area contributed by atoms with Crippen LogP contribution in [0.15, 0.2) is 66.7 Å². The average molecular weight is 572 g/mol. The second-order valence-corrected chi connectivity index (χ2v) is 9.58. The van der Waals surface area contributed by atoms with Gasteiger partial charge in [0.25, 0.3) is 5.91 Å². The van der Waals surface area contributed by atoms with Crippen LogP contribution in [0.2, 0.25) is 0 Å². The van der Waals surface area contributed by atoms with Gasteiger partial charge in [0.2, 0.25) is 5.91 Å². The number of carbonyl (C=O) groups excluding carboxylic acids is 3. The SMILES string of the molecule is CCOC(=O)N1CCN(C(=O)[C@H](CCC(=O)O)NC(=O)c2cc(/C=C/c3ccccc3)nc(-c3ccccc3)n2)CC1. The molecule has 0 spiro atoms. The molecule has 0 radical (unpaired) electrons. The first-order valence-corrected chi connectivity index (χ1v) is 13.7. The zero-order chi connectivity index (χ0) is 29.9. The number of hydrogen-bond acceptors (Lipinski definition) is 7. The fourth-order valence-electron chi connectivity index (χ4n) is 4.43. The molecule has 3 amide bonds. The second kappa shape index (κ2) is 14.5. The zero-order valence-electron chi connectivity index (χ0n) is 23.3. The van der Waals surface area contributed by atoms with E-state index < -0.39 is 29.9 Å². The van der Waals surface area contributed by atoms with Gasteiger partial charge in [-0.2, -0.15) is 0 Å². The predicted molar refractivity (Wildman–Crippen MR) is 156 cm³/mol. The smallest absolute Gasteiger partial charge is 0.409 e. The van der Waals surface area contributed by atoms with Gasteiger partial charge in [0.05, 0.1) is 12.3 Å². The number of rotatable bonds is 10. The largest absolute Gasteiger partial charge is 0.481 e. The van der Waals surface area contributed by atoms with E-state index in [4.69, 9.17) is 4.74 Å². The monoisotopic (exact) mass is 571 g/mol. The molecule has 42 heavy (non-hydrogen) atoms. The van der Waals surface area contributed by atoms with Crippen LogP contribution >= 0.6 is 0 Å². The van der Waals surface area contributed by atoms with E-state index in [0.29, 0.717) is 17.1 Å². The molecule has 11 heteroatoms. The van der Waals surface area contributed by atoms with Crippen molar-refractivity contribution < 1.29 is 29.0 Å². The second-order valence-electron chi connectivity index (χ2n) is 9.58. The summed E-state index contributed by atoms with van der Waals surface area (Å²) in [4.78, 5) is 62.4. The number of carboxylic acid groups (broad SMARTS) is 1. The Morgan fingerprint density at radius 3 is 2.21 bits per heavy atom. The van der Waals surface area contributed by atoms with Crippen molar-refractivity contribution in [2.45, 2.75) is 25.8 Å². The summed E-state index contributed by atoms with van der Waals surface area (Å²) in [6.07, 6.45) is 2.78. The highest BCUT2D eigenvalue weighted by atomic mass is 16.6. The maximum Gasteiger partial charge on any atom is 0.409 e. The number of aromatic nitrogens is 2. The molecule has 1 aliphatic heterocycles. The molecule has 1 aliphatic rings. The molecule has 1 fully saturated rings. The Morgan fingerprint density at radius 2 is 1.57 bits per heavy atom. The van der Waals surface area contributed by atoms with Gasteiger partial charge in [-0.1, -0.05) is 66.7 Å². The minimum absolute atomic E-state index is 0.0387. The summed E-state index contributed by atoms with van der Waals surface area (Å²) in [6, 6.07) is 19.3. The number of nitrogens with one attached hydrogen (secondary N) is 1. The van der Waals surface area contributed by atoms with Gasteiger partial charge in [0.15, 0.2) is 5.82 Å². The Morgan fingerprint density at radius 1 is 0.929 bits per heavy atom. The molecule has 0 bridgehead atoms. The third-order valence-corrected chi connectivity index (χ3v) is 6.62. The third-order valence-electron chi connectivity index (χ3n) is 6.62. The molecule has 0 aliphatic carbocycles. The van der Waals surface area contributed by atoms with E-state index in [-0.39, 0.29) is 51.3 Å². The number of carboxylic acids is 1. The number of aliphatic carboxylic acids is 1. The molecule has 1 aromatic heterocycles. The molecule has 4 rings (SSSR count). The predicted octanol–water partition coefficient (Wildman–Crippen LogP) is 3.58. The number of ether oxygens (including phenoxy) is 1. The zero-order valence-corrected chi connectivity index (χ0v) is 23.3. The fraction of sp³-hybridized carbons (Fsp3) is 0.290. The van der Waals surface area contributed by atoms with Crippen molar-refractivity contribution in [3.8, 4) is 11.4 Å². The van der Waals surface area contributed by atoms with Crippen LogP contribution in [0.25, 0.3) is 23.5 Å². The summed E-state index contributed by atoms with van der Waals surface area (Å²) in [7, 11) is 0. The number of nitrogens with zero attached hydrogens (tertiary/aromatic N) is 4. The van der Waals surface area contributed by atoms with Gasteiger partial charge >= 0.3 is 12.1 Å². The fourth-order valence-corrected chi connectivity index (χ4v) is 4.43. The number of amides is 3. The molecule has 2 aromatic carbocycles. The maximum atomic E-state index is 13.5. The summed E-state index contributed by atoms with van der Waals surface area (Å²) in [6.45, 7) is 2.98. The lowest BCUT2D eigenvalue weighted by Gasteiger charge is -2.35. The van der Waals surface area contributed by atoms with Gasteiger partial charge in [0.1, 0.15) is 11.7 Å². The van der Waals surface area contributed by atoms with Gasteiger partial charge in [-0.3, -0.25) is 14.4 Å². The molecule has 0 saturated carbocycles. The van der Waals surface area contributed by atoms with Crippen molar-refractivity contribution in [3.05, 3.63) is 83.7 Å². The molecular formula is C31H33N5O6. The molecule has 218 valence electrons. The normalized spacial score (nSPS) is 13.9. The minimum atomic E-state index is -1.10. The van der Waals surface area contributed by atoms with Crippen molar-refractivity contribution in [1.82, 2.24) is 25.1 Å². The van der Waals surface area contributed by atoms with Crippen molar-refractivity contribution >= 4 is 36.0 Å². The molecule has 2 heterocycles. The number of hydrogen-bond donors (Lipinski definition) is 2. The topological polar surface area (TPSA) is 142 Å². The first-order chi connectivity index (χ1) is 20.3. The molecule has 11 nitrogen and oxygen atoms in total. The van der Waals surface area contributed by atoms with E-state index >= 15 is 0 Å². The van der Waals surface area contributed by atoms with E-state index in [1.807, 2.05) is 66.7 Å². The van der Waals surface area contributed by atoms with Crippen LogP contribution in [0, 0.1) is 0 Å². The van der Waals surface area contributed by atoms with Crippen LogP contribution in [-0.2, 0) is 14.3 Å². The number of piperazine rings is 1. The summed E-state index contributed by atoms with van der Waals surface area (Å²) >= 11 is 0. The summed E-state index contributed by atoms with van der Waals surface area (Å²) < 4.78 is 5.03. The Balaban J connectivity index is 1.56. The summed E-state index contributed by atoms with van der Waals surface area (Å²) in [5.41, 5.74) is 2.18.